The number of H-pyrrole nitrogens is 1. The summed E-state index contributed by atoms with van der Waals surface area (Å²) in [7, 11) is 0. The first-order valence-corrected chi connectivity index (χ1v) is 9.77. The van der Waals surface area contributed by atoms with Crippen molar-refractivity contribution in [1.82, 2.24) is 15.1 Å². The highest BCUT2D eigenvalue weighted by Gasteiger charge is 2.17. The van der Waals surface area contributed by atoms with Crippen molar-refractivity contribution in [2.45, 2.75) is 13.0 Å². The molecule has 6 heteroatoms. The minimum absolute atomic E-state index is 0.220. The van der Waals surface area contributed by atoms with Gasteiger partial charge in [-0.2, -0.15) is 4.98 Å². The summed E-state index contributed by atoms with van der Waals surface area (Å²) in [5.41, 5.74) is 5.33. The lowest BCUT2D eigenvalue weighted by molar-refractivity contribution is 0.109. The molecule has 1 aliphatic rings. The number of hydrogen-bond acceptors (Lipinski definition) is 5. The SMILES string of the molecule is O=c1[nH]c2c(cc1-c1noc(/C=C/c3cccc(-c4ccccc4)c3)n1)COCC2. The molecule has 0 radical (unpaired) electrons. The fourth-order valence-electron chi connectivity index (χ4n) is 3.52. The van der Waals surface area contributed by atoms with Crippen LogP contribution in [0, 0.1) is 0 Å². The smallest absolute Gasteiger partial charge is 0.259 e. The average Bonchev–Trinajstić information content (AvgIpc) is 3.27. The van der Waals surface area contributed by atoms with Crippen LogP contribution in [-0.4, -0.2) is 21.7 Å². The monoisotopic (exact) mass is 397 g/mol. The van der Waals surface area contributed by atoms with Crippen LogP contribution in [0.15, 0.2) is 70.0 Å². The van der Waals surface area contributed by atoms with E-state index in [2.05, 4.69) is 39.4 Å². The largest absolute Gasteiger partial charge is 0.376 e. The zero-order chi connectivity index (χ0) is 20.3. The molecule has 1 N–H and O–H groups in total. The van der Waals surface area contributed by atoms with Crippen LogP contribution in [0.5, 0.6) is 0 Å². The van der Waals surface area contributed by atoms with E-state index in [9.17, 15) is 4.79 Å². The maximum absolute atomic E-state index is 12.4. The van der Waals surface area contributed by atoms with Gasteiger partial charge in [0, 0.05) is 18.2 Å². The number of nitrogens with one attached hydrogen (secondary N) is 1. The van der Waals surface area contributed by atoms with Crippen molar-refractivity contribution in [3.63, 3.8) is 0 Å². The topological polar surface area (TPSA) is 81.0 Å². The maximum Gasteiger partial charge on any atom is 0.259 e. The van der Waals surface area contributed by atoms with Gasteiger partial charge in [0.25, 0.3) is 11.4 Å². The predicted molar refractivity (Wildman–Crippen MR) is 115 cm³/mol. The van der Waals surface area contributed by atoms with Crippen LogP contribution in [-0.2, 0) is 17.8 Å². The van der Waals surface area contributed by atoms with Gasteiger partial charge in [0.1, 0.15) is 0 Å². The van der Waals surface area contributed by atoms with E-state index in [1.54, 1.807) is 12.1 Å². The Hall–Kier alpha value is -3.77. The molecule has 5 rings (SSSR count). The summed E-state index contributed by atoms with van der Waals surface area (Å²) in [6.07, 6.45) is 4.36. The van der Waals surface area contributed by atoms with E-state index in [1.807, 2.05) is 36.4 Å². The number of fused-ring (bicyclic) bond motifs is 1. The molecule has 6 nitrogen and oxygen atoms in total. The number of pyridine rings is 1. The second-order valence-electron chi connectivity index (χ2n) is 7.10. The van der Waals surface area contributed by atoms with Crippen LogP contribution in [0.2, 0.25) is 0 Å². The van der Waals surface area contributed by atoms with Gasteiger partial charge < -0.3 is 14.2 Å². The highest BCUT2D eigenvalue weighted by Crippen LogP contribution is 2.22. The summed E-state index contributed by atoms with van der Waals surface area (Å²) < 4.78 is 10.8. The maximum atomic E-state index is 12.4. The number of nitrogens with zero attached hydrogens (tertiary/aromatic N) is 2. The molecule has 2 aromatic carbocycles. The molecule has 3 heterocycles. The van der Waals surface area contributed by atoms with E-state index in [4.69, 9.17) is 9.26 Å². The van der Waals surface area contributed by atoms with Gasteiger partial charge in [0.2, 0.25) is 5.82 Å². The first-order valence-electron chi connectivity index (χ1n) is 9.77. The Morgan fingerprint density at radius 2 is 1.83 bits per heavy atom. The first kappa shape index (κ1) is 18.3. The first-order chi connectivity index (χ1) is 14.8. The van der Waals surface area contributed by atoms with Gasteiger partial charge in [0.15, 0.2) is 0 Å². The van der Waals surface area contributed by atoms with Gasteiger partial charge >= 0.3 is 0 Å². The average molecular weight is 397 g/mol. The summed E-state index contributed by atoms with van der Waals surface area (Å²) in [6.45, 7) is 1.09. The normalized spacial score (nSPS) is 13.5. The number of benzene rings is 2. The quantitative estimate of drug-likeness (QED) is 0.554. The molecule has 0 unspecified atom stereocenters. The molecule has 0 fully saturated rings. The highest BCUT2D eigenvalue weighted by molar-refractivity contribution is 5.72. The summed E-state index contributed by atoms with van der Waals surface area (Å²) in [6, 6.07) is 20.2. The lowest BCUT2D eigenvalue weighted by Crippen LogP contribution is -2.19. The second-order valence-corrected chi connectivity index (χ2v) is 7.10. The molecule has 148 valence electrons. The second kappa shape index (κ2) is 7.93. The molecule has 0 amide bonds. The van der Waals surface area contributed by atoms with Crippen molar-refractivity contribution in [3.8, 4) is 22.5 Å². The van der Waals surface area contributed by atoms with Crippen molar-refractivity contribution in [3.05, 3.63) is 93.7 Å². The number of ether oxygens (including phenoxy) is 1. The molecule has 0 bridgehead atoms. The van der Waals surface area contributed by atoms with Gasteiger partial charge in [0.05, 0.1) is 18.8 Å². The zero-order valence-electron chi connectivity index (χ0n) is 16.2. The summed E-state index contributed by atoms with van der Waals surface area (Å²) >= 11 is 0. The predicted octanol–water partition coefficient (Wildman–Crippen LogP) is 4.34. The third-order valence-electron chi connectivity index (χ3n) is 5.06. The summed E-state index contributed by atoms with van der Waals surface area (Å²) in [4.78, 5) is 19.7. The van der Waals surface area contributed by atoms with Crippen molar-refractivity contribution in [2.24, 2.45) is 0 Å². The molecular weight excluding hydrogens is 378 g/mol. The number of hydrogen-bond donors (Lipinski definition) is 1. The van der Waals surface area contributed by atoms with Gasteiger partial charge in [-0.25, -0.2) is 0 Å². The Morgan fingerprint density at radius 1 is 0.967 bits per heavy atom. The molecule has 2 aromatic heterocycles. The lowest BCUT2D eigenvalue weighted by atomic mass is 10.0. The molecule has 0 saturated heterocycles. The van der Waals surface area contributed by atoms with Crippen molar-refractivity contribution >= 4 is 12.2 Å². The summed E-state index contributed by atoms with van der Waals surface area (Å²) in [5, 5.41) is 3.98. The number of aromatic amines is 1. The summed E-state index contributed by atoms with van der Waals surface area (Å²) in [5.74, 6) is 0.603. The van der Waals surface area contributed by atoms with Crippen LogP contribution in [0.3, 0.4) is 0 Å². The molecule has 1 aliphatic heterocycles. The molecule has 4 aromatic rings. The fourth-order valence-corrected chi connectivity index (χ4v) is 3.52. The zero-order valence-corrected chi connectivity index (χ0v) is 16.2. The molecule has 0 spiro atoms. The van der Waals surface area contributed by atoms with Crippen LogP contribution >= 0.6 is 0 Å². The highest BCUT2D eigenvalue weighted by atomic mass is 16.5. The van der Waals surface area contributed by atoms with Crippen LogP contribution in [0.4, 0.5) is 0 Å². The van der Waals surface area contributed by atoms with Crippen molar-refractivity contribution in [2.75, 3.05) is 6.61 Å². The Bertz CT molecular complexity index is 1270. The van der Waals surface area contributed by atoms with Crippen LogP contribution in [0.1, 0.15) is 22.7 Å². The van der Waals surface area contributed by atoms with E-state index in [0.29, 0.717) is 31.1 Å². The minimum atomic E-state index is -0.220. The fraction of sp³-hybridized carbons (Fsp3) is 0.125. The van der Waals surface area contributed by atoms with Crippen LogP contribution < -0.4 is 5.56 Å². The molecule has 0 atom stereocenters. The Balaban J connectivity index is 1.39. The molecule has 0 saturated carbocycles. The number of aromatic nitrogens is 3. The standard InChI is InChI=1S/C24H19N3O3/c28-24-20(14-19-15-29-12-11-21(19)25-24)23-26-22(30-27-23)10-9-16-5-4-8-18(13-16)17-6-2-1-3-7-17/h1-10,13-14H,11-12,15H2,(H,25,28)/b10-9+. The van der Waals surface area contributed by atoms with E-state index < -0.39 is 0 Å². The molecule has 0 aliphatic carbocycles. The Labute approximate surface area is 172 Å². The van der Waals surface area contributed by atoms with E-state index in [0.717, 1.165) is 27.9 Å². The molecular formula is C24H19N3O3. The Kier molecular flexibility index (Phi) is 4.83. The third-order valence-corrected chi connectivity index (χ3v) is 5.06. The number of rotatable bonds is 4. The van der Waals surface area contributed by atoms with Gasteiger partial charge in [-0.3, -0.25) is 4.79 Å². The van der Waals surface area contributed by atoms with Gasteiger partial charge in [-0.15, -0.1) is 0 Å². The molecule has 30 heavy (non-hydrogen) atoms. The van der Waals surface area contributed by atoms with E-state index in [-0.39, 0.29) is 11.4 Å². The van der Waals surface area contributed by atoms with Gasteiger partial charge in [-0.1, -0.05) is 53.7 Å². The van der Waals surface area contributed by atoms with E-state index in [1.165, 1.54) is 0 Å². The van der Waals surface area contributed by atoms with Gasteiger partial charge in [-0.05, 0) is 40.5 Å². The third kappa shape index (κ3) is 3.73. The van der Waals surface area contributed by atoms with E-state index >= 15 is 0 Å². The van der Waals surface area contributed by atoms with Crippen LogP contribution in [0.25, 0.3) is 34.7 Å². The minimum Gasteiger partial charge on any atom is -0.376 e. The lowest BCUT2D eigenvalue weighted by Gasteiger charge is -2.15. The van der Waals surface area contributed by atoms with Crippen molar-refractivity contribution < 1.29 is 9.26 Å². The van der Waals surface area contributed by atoms with Crippen molar-refractivity contribution in [1.29, 1.82) is 0 Å². The Morgan fingerprint density at radius 3 is 2.73 bits per heavy atom.